The fraction of sp³-hybridized carbons (Fsp3) is 0.677. The van der Waals surface area contributed by atoms with E-state index in [4.69, 9.17) is 14.5 Å². The summed E-state index contributed by atoms with van der Waals surface area (Å²) in [5, 5.41) is 3.32. The van der Waals surface area contributed by atoms with Gasteiger partial charge in [0.1, 0.15) is 11.5 Å². The van der Waals surface area contributed by atoms with Crippen LogP contribution in [0.5, 0.6) is 0 Å². The van der Waals surface area contributed by atoms with Gasteiger partial charge in [0, 0.05) is 95.3 Å². The summed E-state index contributed by atoms with van der Waals surface area (Å²) in [6.45, 7) is 8.10. The molecule has 4 saturated heterocycles. The molecule has 5 aliphatic rings. The smallest absolute Gasteiger partial charge is 0.280 e. The number of methoxy groups -OCH3 is 1. The molecule has 2 atom stereocenters. The first-order chi connectivity index (χ1) is 20.7. The van der Waals surface area contributed by atoms with E-state index < -0.39 is 36.1 Å². The zero-order valence-corrected chi connectivity index (χ0v) is 24.8. The Labute approximate surface area is 249 Å². The van der Waals surface area contributed by atoms with Gasteiger partial charge in [-0.1, -0.05) is 0 Å². The number of alkyl halides is 4. The Bertz CT molecular complexity index is 1340. The minimum atomic E-state index is -3.07. The number of hydrogen-bond donors (Lipinski definition) is 1. The number of aryl methyl sites for hydroxylation is 1. The van der Waals surface area contributed by atoms with Crippen molar-refractivity contribution >= 4 is 11.5 Å². The highest BCUT2D eigenvalue weighted by Gasteiger charge is 2.52. The summed E-state index contributed by atoms with van der Waals surface area (Å²) in [4.78, 5) is 15.4. The maximum absolute atomic E-state index is 15.3. The topological polar surface area (TPSA) is 66.0 Å². The van der Waals surface area contributed by atoms with Crippen LogP contribution in [0.2, 0.25) is 0 Å². The van der Waals surface area contributed by atoms with Crippen LogP contribution in [0, 0.1) is 6.92 Å². The molecule has 0 saturated carbocycles. The molecular weight excluding hydrogens is 564 g/mol. The van der Waals surface area contributed by atoms with Gasteiger partial charge in [0.15, 0.2) is 5.60 Å². The zero-order chi connectivity index (χ0) is 29.9. The van der Waals surface area contributed by atoms with Crippen molar-refractivity contribution in [2.75, 3.05) is 75.9 Å². The monoisotopic (exact) mass is 604 g/mol. The first-order valence-electron chi connectivity index (χ1n) is 15.4. The van der Waals surface area contributed by atoms with Gasteiger partial charge < -0.3 is 24.6 Å². The molecule has 4 fully saturated rings. The SMILES string of the molecule is COC1(c2nccc(C)c2C2CCN(c3cc4c(c(C(F)F)n3)CC(F)(F)C[C@H]3[C@H](N5CCNCC5)CN43)CC2)COC1. The molecule has 7 rings (SSSR count). The average molecular weight is 605 g/mol. The summed E-state index contributed by atoms with van der Waals surface area (Å²) in [5.41, 5.74) is 2.72. The number of piperidine rings is 1. The van der Waals surface area contributed by atoms with Crippen LogP contribution in [0.4, 0.5) is 29.1 Å². The van der Waals surface area contributed by atoms with E-state index >= 15 is 8.78 Å². The van der Waals surface area contributed by atoms with E-state index in [1.54, 1.807) is 13.2 Å². The van der Waals surface area contributed by atoms with Crippen molar-refractivity contribution in [1.82, 2.24) is 20.2 Å². The van der Waals surface area contributed by atoms with Crippen molar-refractivity contribution in [3.63, 3.8) is 0 Å². The second-order valence-electron chi connectivity index (χ2n) is 12.8. The largest absolute Gasteiger partial charge is 0.374 e. The van der Waals surface area contributed by atoms with Gasteiger partial charge in [0.05, 0.1) is 24.9 Å². The van der Waals surface area contributed by atoms with Crippen molar-refractivity contribution in [3.05, 3.63) is 46.4 Å². The molecule has 0 aromatic carbocycles. The van der Waals surface area contributed by atoms with Gasteiger partial charge in [-0.3, -0.25) is 9.88 Å². The molecule has 8 nitrogen and oxygen atoms in total. The first-order valence-corrected chi connectivity index (χ1v) is 15.4. The molecule has 0 aliphatic carbocycles. The number of anilines is 2. The van der Waals surface area contributed by atoms with E-state index in [2.05, 4.69) is 22.1 Å². The minimum absolute atomic E-state index is 0.00287. The third-order valence-corrected chi connectivity index (χ3v) is 10.4. The molecule has 2 aromatic rings. The second-order valence-corrected chi connectivity index (χ2v) is 12.8. The van der Waals surface area contributed by atoms with Crippen molar-refractivity contribution in [2.24, 2.45) is 0 Å². The van der Waals surface area contributed by atoms with E-state index in [-0.39, 0.29) is 23.9 Å². The first kappa shape index (κ1) is 29.2. The molecular formula is C31H40F4N6O2. The highest BCUT2D eigenvalue weighted by atomic mass is 19.3. The lowest BCUT2D eigenvalue weighted by molar-refractivity contribution is -0.205. The number of rotatable bonds is 6. The van der Waals surface area contributed by atoms with Gasteiger partial charge >= 0.3 is 0 Å². The average Bonchev–Trinajstić information content (AvgIpc) is 3.04. The maximum atomic E-state index is 15.3. The highest BCUT2D eigenvalue weighted by Crippen LogP contribution is 2.47. The predicted molar refractivity (Wildman–Crippen MR) is 154 cm³/mol. The van der Waals surface area contributed by atoms with Gasteiger partial charge in [-0.2, -0.15) is 0 Å². The van der Waals surface area contributed by atoms with Gasteiger partial charge in [0.2, 0.25) is 0 Å². The van der Waals surface area contributed by atoms with E-state index in [0.717, 1.165) is 50.3 Å². The normalized spacial score (nSPS) is 27.2. The quantitative estimate of drug-likeness (QED) is 0.497. The van der Waals surface area contributed by atoms with Crippen molar-refractivity contribution < 1.29 is 27.0 Å². The number of aromatic nitrogens is 2. The molecule has 2 aromatic heterocycles. The lowest BCUT2D eigenvalue weighted by Crippen LogP contribution is -2.69. The van der Waals surface area contributed by atoms with Crippen LogP contribution in [0.15, 0.2) is 18.3 Å². The number of halogens is 4. The van der Waals surface area contributed by atoms with Crippen LogP contribution >= 0.6 is 0 Å². The Balaban J connectivity index is 1.16. The lowest BCUT2D eigenvalue weighted by Gasteiger charge is -2.54. The summed E-state index contributed by atoms with van der Waals surface area (Å²) in [5.74, 6) is -2.40. The number of fused-ring (bicyclic) bond motifs is 3. The fourth-order valence-electron chi connectivity index (χ4n) is 7.89. The summed E-state index contributed by atoms with van der Waals surface area (Å²) in [6, 6.07) is 3.41. The molecule has 12 heteroatoms. The van der Waals surface area contributed by atoms with Crippen LogP contribution in [-0.2, 0) is 21.5 Å². The highest BCUT2D eigenvalue weighted by molar-refractivity contribution is 5.66. The van der Waals surface area contributed by atoms with Crippen LogP contribution in [0.25, 0.3) is 0 Å². The van der Waals surface area contributed by atoms with Gasteiger partial charge in [-0.15, -0.1) is 0 Å². The number of piperazine rings is 1. The Morgan fingerprint density at radius 1 is 1.09 bits per heavy atom. The van der Waals surface area contributed by atoms with Gasteiger partial charge in [-0.25, -0.2) is 22.5 Å². The van der Waals surface area contributed by atoms with Crippen LogP contribution in [-0.4, -0.2) is 99.0 Å². The van der Waals surface area contributed by atoms with Crippen LogP contribution in [0.3, 0.4) is 0 Å². The number of nitrogens with one attached hydrogen (secondary N) is 1. The second kappa shape index (κ2) is 11.1. The van der Waals surface area contributed by atoms with E-state index in [9.17, 15) is 8.78 Å². The van der Waals surface area contributed by atoms with E-state index in [1.165, 1.54) is 5.56 Å². The Morgan fingerprint density at radius 3 is 2.49 bits per heavy atom. The number of pyridine rings is 2. The third-order valence-electron chi connectivity index (χ3n) is 10.4. The Hall–Kier alpha value is -2.54. The standard InChI is InChI=1S/C31H40F4N6O2/c1-19-3-6-37-28(30(42-2)17-43-18-30)26(19)20-4-9-40(10-5-20)25-13-22-21(27(38-25)29(32)33)14-31(34,35)15-23-24(16-41(22)23)39-11-7-36-8-12-39/h3,6,13,20,23-24,29,36H,4-5,7-12,14-18H2,1-2H3/t23-,24+/m0/s1. The lowest BCUT2D eigenvalue weighted by atomic mass is 9.80. The van der Waals surface area contributed by atoms with E-state index in [1.807, 2.05) is 22.1 Å². The van der Waals surface area contributed by atoms with Crippen LogP contribution < -0.4 is 15.1 Å². The van der Waals surface area contributed by atoms with Crippen molar-refractivity contribution in [1.29, 1.82) is 0 Å². The molecule has 43 heavy (non-hydrogen) atoms. The summed E-state index contributed by atoms with van der Waals surface area (Å²) < 4.78 is 70.9. The van der Waals surface area contributed by atoms with Gasteiger partial charge in [0.25, 0.3) is 12.3 Å². The fourth-order valence-corrected chi connectivity index (χ4v) is 7.89. The summed E-state index contributed by atoms with van der Waals surface area (Å²) >= 11 is 0. The predicted octanol–water partition coefficient (Wildman–Crippen LogP) is 4.02. The molecule has 7 heterocycles. The van der Waals surface area contributed by atoms with Gasteiger partial charge in [-0.05, 0) is 42.9 Å². The zero-order valence-electron chi connectivity index (χ0n) is 24.8. The minimum Gasteiger partial charge on any atom is -0.374 e. The molecule has 1 N–H and O–H groups in total. The summed E-state index contributed by atoms with van der Waals surface area (Å²) in [7, 11) is 1.69. The number of nitrogens with zero attached hydrogens (tertiary/aromatic N) is 5. The van der Waals surface area contributed by atoms with Crippen molar-refractivity contribution in [2.45, 2.75) is 68.6 Å². The van der Waals surface area contributed by atoms with E-state index in [0.29, 0.717) is 44.4 Å². The van der Waals surface area contributed by atoms with Crippen molar-refractivity contribution in [3.8, 4) is 0 Å². The molecule has 0 unspecified atom stereocenters. The number of ether oxygens (including phenoxy) is 2. The third kappa shape index (κ3) is 5.07. The Kier molecular flexibility index (Phi) is 7.55. The summed E-state index contributed by atoms with van der Waals surface area (Å²) in [6.07, 6.45) is -0.573. The maximum Gasteiger partial charge on any atom is 0.280 e. The number of hydrogen-bond acceptors (Lipinski definition) is 8. The molecule has 0 bridgehead atoms. The van der Waals surface area contributed by atoms with Crippen LogP contribution in [0.1, 0.15) is 59.7 Å². The Morgan fingerprint density at radius 2 is 1.84 bits per heavy atom. The molecule has 0 radical (unpaired) electrons. The molecule has 0 amide bonds. The molecule has 234 valence electrons. The molecule has 5 aliphatic heterocycles. The molecule has 0 spiro atoms.